The number of fused-ring (bicyclic) bond motifs is 3. The number of ketones is 2. The summed E-state index contributed by atoms with van der Waals surface area (Å²) in [4.78, 5) is 44.8. The second-order valence-corrected chi connectivity index (χ2v) is 9.66. The average Bonchev–Trinajstić information content (AvgIpc) is 2.81. The van der Waals surface area contributed by atoms with E-state index in [0.29, 0.717) is 16.8 Å². The van der Waals surface area contributed by atoms with E-state index >= 15 is 0 Å². The summed E-state index contributed by atoms with van der Waals surface area (Å²) < 4.78 is 0. The van der Waals surface area contributed by atoms with Gasteiger partial charge in [-0.3, -0.25) is 24.3 Å². The van der Waals surface area contributed by atoms with Gasteiger partial charge in [-0.05, 0) is 62.7 Å². The molecule has 1 fully saturated rings. The fourth-order valence-electron chi connectivity index (χ4n) is 6.01. The summed E-state index contributed by atoms with van der Waals surface area (Å²) in [7, 11) is 3.12. The van der Waals surface area contributed by atoms with Crippen LogP contribution < -0.4 is 5.73 Å². The number of phenols is 1. The molecule has 0 spiro atoms. The highest BCUT2D eigenvalue weighted by molar-refractivity contribution is 6.24. The number of nitrogens with zero attached hydrogens (tertiary/aromatic N) is 2. The van der Waals surface area contributed by atoms with E-state index in [9.17, 15) is 34.8 Å². The third-order valence-corrected chi connectivity index (χ3v) is 7.55. The number of primary amides is 1. The molecule has 4 atom stereocenters. The number of carbonyl (C=O) groups excluding carboxylic acids is 3. The lowest BCUT2D eigenvalue weighted by atomic mass is 9.57. The molecule has 3 aliphatic rings. The van der Waals surface area contributed by atoms with E-state index in [-0.39, 0.29) is 29.7 Å². The van der Waals surface area contributed by atoms with Gasteiger partial charge in [-0.15, -0.1) is 0 Å². The molecule has 186 valence electrons. The number of pyridine rings is 1. The van der Waals surface area contributed by atoms with Gasteiger partial charge in [0.1, 0.15) is 22.8 Å². The van der Waals surface area contributed by atoms with Gasteiger partial charge in [0.2, 0.25) is 5.78 Å². The monoisotopic (exact) mass is 491 g/mol. The maximum atomic E-state index is 13.8. The molecule has 1 amide bonds. The van der Waals surface area contributed by atoms with Crippen molar-refractivity contribution >= 4 is 23.2 Å². The van der Waals surface area contributed by atoms with Crippen LogP contribution in [0.2, 0.25) is 0 Å². The Morgan fingerprint density at radius 3 is 2.47 bits per heavy atom. The smallest absolute Gasteiger partial charge is 0.255 e. The largest absolute Gasteiger partial charge is 0.508 e. The molecule has 0 aliphatic heterocycles. The van der Waals surface area contributed by atoms with Gasteiger partial charge < -0.3 is 26.2 Å². The van der Waals surface area contributed by atoms with Gasteiger partial charge in [-0.2, -0.15) is 0 Å². The Hall–Kier alpha value is -4.02. The third-order valence-electron chi connectivity index (χ3n) is 7.55. The van der Waals surface area contributed by atoms with Crippen molar-refractivity contribution in [2.75, 3.05) is 14.1 Å². The molecule has 0 unspecified atom stereocenters. The van der Waals surface area contributed by atoms with Crippen LogP contribution in [0.4, 0.5) is 0 Å². The molecule has 0 bridgehead atoms. The molecule has 3 aliphatic carbocycles. The number of nitrogens with two attached hydrogens (primary N) is 1. The molecule has 6 N–H and O–H groups in total. The normalized spacial score (nSPS) is 27.6. The molecule has 10 heteroatoms. The van der Waals surface area contributed by atoms with E-state index in [1.807, 2.05) is 0 Å². The van der Waals surface area contributed by atoms with Crippen molar-refractivity contribution in [3.63, 3.8) is 0 Å². The summed E-state index contributed by atoms with van der Waals surface area (Å²) in [6, 6.07) is 7.28. The Morgan fingerprint density at radius 1 is 1.14 bits per heavy atom. The van der Waals surface area contributed by atoms with Crippen molar-refractivity contribution in [2.45, 2.75) is 24.5 Å². The van der Waals surface area contributed by atoms with Gasteiger partial charge in [0.05, 0.1) is 17.3 Å². The minimum Gasteiger partial charge on any atom is -0.508 e. The van der Waals surface area contributed by atoms with Crippen LogP contribution >= 0.6 is 0 Å². The zero-order valence-corrected chi connectivity index (χ0v) is 19.6. The molecule has 1 saturated carbocycles. The van der Waals surface area contributed by atoms with Gasteiger partial charge in [0.25, 0.3) is 5.91 Å². The summed E-state index contributed by atoms with van der Waals surface area (Å²) in [6.07, 6.45) is 1.85. The standard InChI is InChI=1S/C26H25N3O7/c1-29(2)20-14-10-11-9-13-12(15-5-3-4-8-28-15)6-7-16(30)18(13)21(31)17(11)23(33)26(14,36)24(34)19(22(20)32)25(27)35/h3-8,11,14,20,30-31,34,36H,9-10H2,1-2H3,(H2,27,35)/t11-,14-,20-,26-/m1/s1. The maximum absolute atomic E-state index is 13.8. The quantitative estimate of drug-likeness (QED) is 0.393. The number of hydrogen-bond acceptors (Lipinski definition) is 9. The van der Waals surface area contributed by atoms with Crippen molar-refractivity contribution in [1.29, 1.82) is 0 Å². The highest BCUT2D eigenvalue weighted by atomic mass is 16.3. The molecule has 5 rings (SSSR count). The first-order valence-electron chi connectivity index (χ1n) is 11.4. The number of aliphatic hydroxyl groups excluding tert-OH is 2. The molecular formula is C26H25N3O7. The zero-order valence-electron chi connectivity index (χ0n) is 19.6. The van der Waals surface area contributed by atoms with Crippen LogP contribution in [0, 0.1) is 11.8 Å². The second kappa shape index (κ2) is 8.00. The summed E-state index contributed by atoms with van der Waals surface area (Å²) in [5.41, 5.74) is 3.53. The first kappa shape index (κ1) is 23.7. The number of carbonyl (C=O) groups is 3. The van der Waals surface area contributed by atoms with E-state index < -0.39 is 58.0 Å². The van der Waals surface area contributed by atoms with Gasteiger partial charge in [-0.1, -0.05) is 6.07 Å². The number of likely N-dealkylation sites (N-methyl/N-ethyl adjacent to an activating group) is 1. The first-order chi connectivity index (χ1) is 17.0. The summed E-state index contributed by atoms with van der Waals surface area (Å²) in [6.45, 7) is 0. The second-order valence-electron chi connectivity index (χ2n) is 9.66. The zero-order chi connectivity index (χ0) is 26.1. The van der Waals surface area contributed by atoms with Gasteiger partial charge >= 0.3 is 0 Å². The Balaban J connectivity index is 1.75. The number of aliphatic hydroxyl groups is 3. The van der Waals surface area contributed by atoms with Crippen molar-refractivity contribution < 1.29 is 34.8 Å². The number of amides is 1. The van der Waals surface area contributed by atoms with Crippen molar-refractivity contribution in [1.82, 2.24) is 9.88 Å². The van der Waals surface area contributed by atoms with Crippen LogP contribution in [0.3, 0.4) is 0 Å². The number of aromatic nitrogens is 1. The van der Waals surface area contributed by atoms with Crippen LogP contribution in [0.25, 0.3) is 17.0 Å². The lowest BCUT2D eigenvalue weighted by molar-refractivity contribution is -0.153. The highest BCUT2D eigenvalue weighted by Gasteiger charge is 2.64. The Bertz CT molecular complexity index is 1400. The fourth-order valence-corrected chi connectivity index (χ4v) is 6.01. The van der Waals surface area contributed by atoms with Gasteiger partial charge in [-0.25, -0.2) is 0 Å². The number of benzene rings is 1. The summed E-state index contributed by atoms with van der Waals surface area (Å²) in [5, 5.41) is 44.4. The predicted molar refractivity (Wildman–Crippen MR) is 127 cm³/mol. The topological polar surface area (TPSA) is 174 Å². The summed E-state index contributed by atoms with van der Waals surface area (Å²) >= 11 is 0. The molecule has 36 heavy (non-hydrogen) atoms. The van der Waals surface area contributed by atoms with E-state index in [1.54, 1.807) is 44.6 Å². The van der Waals surface area contributed by atoms with Crippen LogP contribution in [-0.4, -0.2) is 73.5 Å². The Kier molecular flexibility index (Phi) is 5.27. The van der Waals surface area contributed by atoms with Crippen molar-refractivity contribution in [3.8, 4) is 17.0 Å². The number of aromatic hydroxyl groups is 1. The SMILES string of the molecule is CN(C)[C@H]1C(=O)C(C(N)=O)=C(O)[C@]2(O)C(=O)C3=C(O)c4c(O)ccc(-c5ccccn5)c4C[C@@H]3C[C@H]12. The molecular weight excluding hydrogens is 466 g/mol. The molecule has 0 saturated heterocycles. The van der Waals surface area contributed by atoms with E-state index in [1.165, 1.54) is 11.0 Å². The third kappa shape index (κ3) is 3.04. The molecule has 2 aromatic rings. The van der Waals surface area contributed by atoms with Gasteiger partial charge in [0, 0.05) is 23.3 Å². The molecule has 1 aromatic carbocycles. The van der Waals surface area contributed by atoms with E-state index in [2.05, 4.69) is 4.98 Å². The molecule has 10 nitrogen and oxygen atoms in total. The number of phenolic OH excluding ortho intramolecular Hbond substituents is 1. The predicted octanol–water partition coefficient (Wildman–Crippen LogP) is 1.03. The van der Waals surface area contributed by atoms with E-state index in [0.717, 1.165) is 0 Å². The van der Waals surface area contributed by atoms with Crippen LogP contribution in [0.5, 0.6) is 5.75 Å². The minimum atomic E-state index is -2.65. The van der Waals surface area contributed by atoms with E-state index in [4.69, 9.17) is 5.73 Å². The number of Topliss-reactive ketones (excluding diaryl/α,β-unsaturated/α-hetero) is 2. The average molecular weight is 492 g/mol. The minimum absolute atomic E-state index is 0.0308. The van der Waals surface area contributed by atoms with Crippen LogP contribution in [0.15, 0.2) is 53.4 Å². The lowest BCUT2D eigenvalue weighted by Gasteiger charge is -2.50. The Labute approximate surface area is 206 Å². The lowest BCUT2D eigenvalue weighted by Crippen LogP contribution is -2.65. The molecule has 1 heterocycles. The van der Waals surface area contributed by atoms with Crippen LogP contribution in [-0.2, 0) is 20.8 Å². The van der Waals surface area contributed by atoms with Crippen LogP contribution in [0.1, 0.15) is 17.5 Å². The number of hydrogen-bond donors (Lipinski definition) is 5. The summed E-state index contributed by atoms with van der Waals surface area (Å²) in [5.74, 6) is -6.75. The Morgan fingerprint density at radius 2 is 1.86 bits per heavy atom. The highest BCUT2D eigenvalue weighted by Crippen LogP contribution is 2.53. The number of rotatable bonds is 3. The fraction of sp³-hybridized carbons (Fsp3) is 0.308. The molecule has 1 aromatic heterocycles. The van der Waals surface area contributed by atoms with Crippen molar-refractivity contribution in [3.05, 3.63) is 64.6 Å². The maximum Gasteiger partial charge on any atom is 0.255 e. The van der Waals surface area contributed by atoms with Gasteiger partial charge in [0.15, 0.2) is 11.4 Å². The molecule has 0 radical (unpaired) electrons. The first-order valence-corrected chi connectivity index (χ1v) is 11.4. The van der Waals surface area contributed by atoms with Crippen molar-refractivity contribution in [2.24, 2.45) is 17.6 Å².